The van der Waals surface area contributed by atoms with E-state index in [9.17, 15) is 0 Å². The topological polar surface area (TPSA) is 0 Å². The van der Waals surface area contributed by atoms with E-state index in [-0.39, 0.29) is 0 Å². The van der Waals surface area contributed by atoms with Crippen molar-refractivity contribution in [1.82, 2.24) is 0 Å². The molecule has 0 aromatic heterocycles. The van der Waals surface area contributed by atoms with Crippen molar-refractivity contribution in [3.8, 4) is 0 Å². The van der Waals surface area contributed by atoms with E-state index >= 15 is 0 Å². The summed E-state index contributed by atoms with van der Waals surface area (Å²) >= 11 is 0. The van der Waals surface area contributed by atoms with Gasteiger partial charge in [0.15, 0.2) is 0 Å². The summed E-state index contributed by atoms with van der Waals surface area (Å²) in [7, 11) is 282. The second-order valence-electron chi connectivity index (χ2n) is 22.5. The zero-order chi connectivity index (χ0) is 63.5. The van der Waals surface area contributed by atoms with E-state index in [0.717, 1.165) is 0 Å². The van der Waals surface area contributed by atoms with E-state index in [0.29, 0.717) is 0 Å². The summed E-state index contributed by atoms with van der Waals surface area (Å²) in [5.74, 6) is 0. The maximum Gasteiger partial charge on any atom is 0.0294 e. The lowest BCUT2D eigenvalue weighted by Gasteiger charge is -2.62. The highest BCUT2D eigenvalue weighted by Gasteiger charge is 2.65. The van der Waals surface area contributed by atoms with Gasteiger partial charge in [-0.15, -0.1) is 5.62 Å². The molecule has 0 saturated heterocycles. The van der Waals surface area contributed by atoms with Gasteiger partial charge >= 0.3 is 0 Å². The molecular weight excluding hydrogens is 866 g/mol. The van der Waals surface area contributed by atoms with Crippen LogP contribution in [0, 0.1) is 0 Å². The second-order valence-corrected chi connectivity index (χ2v) is 22.5. The molecular formula is CHB79. The first-order valence-corrected chi connectivity index (χ1v) is 26.3. The standard InChI is InChI=1S/CHB79/c2-46(3)66(42)68(49(8)9)43(67(47(4)5)48(6)7)1(44(69(73(50(10)11)51(12)13)74(52(14)15)53(16)17)70(75(54(18)19)55(20)21)76(56(22)23)57(24)25)45(71(77(58(26)27)59(28)29)78(60(30)31)61(32)33)72(79(62(34)35)63(36)37)80(64(38)39)65(40)41/h1H. The fourth-order valence-electron chi connectivity index (χ4n) is 14.1. The van der Waals surface area contributed by atoms with Crippen molar-refractivity contribution >= 4 is 560 Å². The van der Waals surface area contributed by atoms with Gasteiger partial charge in [0.1, 0.15) is 0 Å². The van der Waals surface area contributed by atoms with Gasteiger partial charge in [-0.2, -0.15) is 0 Å². The Hall–Kier alpha value is 5.13. The maximum atomic E-state index is 7.18. The summed E-state index contributed by atoms with van der Waals surface area (Å²) in [5, 5.41) is 0. The van der Waals surface area contributed by atoms with E-state index in [1.54, 1.807) is 0 Å². The van der Waals surface area contributed by atoms with Crippen LogP contribution in [0.15, 0.2) is 0 Å². The van der Waals surface area contributed by atoms with Crippen LogP contribution in [-0.2, 0) is 0 Å². The highest BCUT2D eigenvalue weighted by molar-refractivity contribution is 8.30. The van der Waals surface area contributed by atoms with Gasteiger partial charge < -0.3 is 0 Å². The molecule has 0 rings (SSSR count). The predicted octanol–water partition coefficient (Wildman–Crippen LogP) is -29.7. The molecule has 0 aliphatic rings. The molecule has 0 heterocycles. The zero-order valence-corrected chi connectivity index (χ0v) is 46.2. The van der Waals surface area contributed by atoms with Gasteiger partial charge in [0.25, 0.3) is 0 Å². The Bertz CT molecular complexity index is 1240. The van der Waals surface area contributed by atoms with Crippen molar-refractivity contribution in [3.63, 3.8) is 0 Å². The molecule has 0 aliphatic heterocycles. The Balaban J connectivity index is 12.7. The smallest absolute Gasteiger partial charge is 0.0294 e. The monoisotopic (exact) mass is 883 g/mol. The first kappa shape index (κ1) is 85.1. The van der Waals surface area contributed by atoms with Crippen LogP contribution in [0.5, 0.6) is 0 Å². The summed E-state index contributed by atoms with van der Waals surface area (Å²) < 4.78 is 0. The molecule has 82 radical (unpaired) electrons. The predicted molar refractivity (Wildman–Crippen MR) is 458 cm³/mol. The molecule has 242 valence electrons. The molecule has 0 amide bonds. The number of hydrogen-bond acceptors (Lipinski definition) is 0. The van der Waals surface area contributed by atoms with Gasteiger partial charge in [0.2, 0.25) is 0 Å². The zero-order valence-electron chi connectivity index (χ0n) is 46.2. The van der Waals surface area contributed by atoms with Crippen LogP contribution in [0.3, 0.4) is 0 Å². The van der Waals surface area contributed by atoms with Gasteiger partial charge in [-0.1, -0.05) is 0 Å². The Morgan fingerprint density at radius 1 is 0.113 bits per heavy atom. The summed E-state index contributed by atoms with van der Waals surface area (Å²) in [6, 6.07) is 0. The van der Waals surface area contributed by atoms with Gasteiger partial charge in [-0.3, -0.25) is 0 Å². The van der Waals surface area contributed by atoms with E-state index in [4.69, 9.17) is 317 Å². The SMILES string of the molecule is [B]B([B])B([B])B(B([B])[B])B(B(B([B])[B])B([B])[B])C(B(B(B(B([B])[B])B([B])[B])B(B([B])[B])B([B])[B])B(B(B([B])[B])B([B])[B])B(B([B])[B])B([B])[B])B(B(B(B([B])[B])B([B])[B])B(B([B])[B])B([B])[B])B(B(B([B])[B])B([B])[B])B(B([B])[B])B([B])[B]. The lowest BCUT2D eigenvalue weighted by atomic mass is 8.28. The van der Waals surface area contributed by atoms with Crippen molar-refractivity contribution in [2.75, 3.05) is 0 Å². The van der Waals surface area contributed by atoms with E-state index in [1.807, 2.05) is 0 Å². The van der Waals surface area contributed by atoms with Crippen molar-refractivity contribution in [2.24, 2.45) is 0 Å². The second kappa shape index (κ2) is 39.0. The molecule has 0 saturated carbocycles. The lowest BCUT2D eigenvalue weighted by Crippen LogP contribution is -2.94. The molecule has 0 bridgehead atoms. The highest BCUT2D eigenvalue weighted by atomic mass is 13.7. The minimum atomic E-state index is -1.93. The van der Waals surface area contributed by atoms with E-state index in [1.165, 1.54) is 0 Å². The molecule has 0 unspecified atom stereocenters. The van der Waals surface area contributed by atoms with Crippen LogP contribution < -0.4 is 0 Å². The fourth-order valence-corrected chi connectivity index (χ4v) is 14.1. The third-order valence-electron chi connectivity index (χ3n) is 16.9. The lowest BCUT2D eigenvalue weighted by molar-refractivity contribution is 1.80. The normalized spacial score (nSPS) is 9.91. The molecule has 0 spiro atoms. The Morgan fingerprint density at radius 2 is 0.225 bits per heavy atom. The van der Waals surface area contributed by atoms with Crippen LogP contribution in [0.2, 0.25) is 5.62 Å². The molecule has 0 fully saturated rings. The summed E-state index contributed by atoms with van der Waals surface area (Å²) in [6.45, 7) is -5.53. The number of rotatable bonds is 38. The average Bonchev–Trinajstić information content (AvgIpc) is 3.23. The number of hydrogen-bond donors (Lipinski definition) is 0. The van der Waals surface area contributed by atoms with Crippen molar-refractivity contribution in [2.45, 2.75) is 5.62 Å². The van der Waals surface area contributed by atoms with Gasteiger partial charge in [-0.05, 0) is 0 Å². The van der Waals surface area contributed by atoms with Crippen LogP contribution in [0.1, 0.15) is 0 Å². The van der Waals surface area contributed by atoms with Gasteiger partial charge in [0.05, 0.1) is 0 Å². The summed E-state index contributed by atoms with van der Waals surface area (Å²) in [6.07, 6.45) is -58.1. The van der Waals surface area contributed by atoms with E-state index in [2.05, 4.69) is 0 Å². The van der Waals surface area contributed by atoms with Crippen molar-refractivity contribution < 1.29 is 0 Å². The summed E-state index contributed by atoms with van der Waals surface area (Å²) in [4.78, 5) is 0. The van der Waals surface area contributed by atoms with Crippen LogP contribution in [0.25, 0.3) is 0 Å². The van der Waals surface area contributed by atoms with Crippen LogP contribution >= 0.6 is 0 Å². The Kier molecular flexibility index (Phi) is 41.5. The minimum Gasteiger partial charge on any atom is -0.146 e. The molecule has 80 heavy (non-hydrogen) atoms. The average molecular weight is 867 g/mol. The van der Waals surface area contributed by atoms with Crippen LogP contribution in [0.4, 0.5) is 0 Å². The molecule has 0 aliphatic carbocycles. The molecule has 0 aromatic carbocycles. The fraction of sp³-hybridized carbons (Fsp3) is 1.00. The first-order chi connectivity index (χ1) is 36.3. The highest BCUT2D eigenvalue weighted by Crippen LogP contribution is 2.36. The van der Waals surface area contributed by atoms with Crippen molar-refractivity contribution in [1.29, 1.82) is 0 Å². The van der Waals surface area contributed by atoms with Crippen LogP contribution in [-0.4, -0.2) is 560 Å². The molecule has 0 N–H and O–H groups in total. The quantitative estimate of drug-likeness (QED) is 0.0543. The Labute approximate surface area is 560 Å². The van der Waals surface area contributed by atoms with Crippen molar-refractivity contribution in [3.05, 3.63) is 0 Å². The minimum absolute atomic E-state index is 1.58. The summed E-state index contributed by atoms with van der Waals surface area (Å²) in [5.41, 5.74) is -1.93. The third kappa shape index (κ3) is 22.7. The molecule has 0 nitrogen and oxygen atoms in total. The molecule has 0 aromatic rings. The Morgan fingerprint density at radius 3 is 0.325 bits per heavy atom. The van der Waals surface area contributed by atoms with Gasteiger partial charge in [-0.25, -0.2) is 0 Å². The maximum absolute atomic E-state index is 7.18. The first-order valence-electron chi connectivity index (χ1n) is 26.3. The largest absolute Gasteiger partial charge is 0.146 e. The third-order valence-corrected chi connectivity index (χ3v) is 16.9. The van der Waals surface area contributed by atoms with Gasteiger partial charge in [0, 0.05) is 560 Å². The molecule has 79 heteroatoms. The van der Waals surface area contributed by atoms with E-state index < -0.39 is 249 Å². The molecule has 0 atom stereocenters.